The van der Waals surface area contributed by atoms with Crippen LogP contribution in [0.15, 0.2) is 71.9 Å². The Labute approximate surface area is 217 Å². The van der Waals surface area contributed by atoms with Crippen LogP contribution in [0, 0.1) is 0 Å². The van der Waals surface area contributed by atoms with Crippen LogP contribution < -0.4 is 5.56 Å². The van der Waals surface area contributed by atoms with Gasteiger partial charge in [-0.25, -0.2) is 9.67 Å². The van der Waals surface area contributed by atoms with Crippen LogP contribution in [-0.4, -0.2) is 62.7 Å². The molecule has 4 aromatic rings. The summed E-state index contributed by atoms with van der Waals surface area (Å²) in [6, 6.07) is 15.3. The lowest BCUT2D eigenvalue weighted by Crippen LogP contribution is -2.40. The van der Waals surface area contributed by atoms with E-state index in [1.54, 1.807) is 43.5 Å². The number of carbonyl (C=O) groups excluding carboxylic acids is 1. The number of halogens is 2. The minimum atomic E-state index is -0.781. The molecule has 0 spiro atoms. The number of aromatic nitrogens is 5. The van der Waals surface area contributed by atoms with Crippen molar-refractivity contribution in [1.29, 1.82) is 0 Å². The number of benzene rings is 2. The van der Waals surface area contributed by atoms with Gasteiger partial charge < -0.3 is 9.64 Å². The second-order valence-electron chi connectivity index (χ2n) is 8.13. The van der Waals surface area contributed by atoms with Gasteiger partial charge >= 0.3 is 0 Å². The summed E-state index contributed by atoms with van der Waals surface area (Å²) in [5.74, 6) is -0.215. The van der Waals surface area contributed by atoms with Crippen molar-refractivity contribution >= 4 is 29.1 Å². The molecule has 0 fully saturated rings. The molecule has 0 aliphatic heterocycles. The molecule has 0 saturated carbocycles. The predicted molar refractivity (Wildman–Crippen MR) is 138 cm³/mol. The normalized spacial score (nSPS) is 11.9. The van der Waals surface area contributed by atoms with E-state index in [0.717, 1.165) is 5.56 Å². The quantitative estimate of drug-likeness (QED) is 0.330. The number of carbonyl (C=O) groups is 1. The van der Waals surface area contributed by atoms with Crippen LogP contribution in [0.2, 0.25) is 10.2 Å². The van der Waals surface area contributed by atoms with Gasteiger partial charge in [-0.2, -0.15) is 0 Å². The van der Waals surface area contributed by atoms with Crippen molar-refractivity contribution in [2.45, 2.75) is 12.5 Å². The van der Waals surface area contributed by atoms with Crippen LogP contribution >= 0.6 is 23.2 Å². The largest absolute Gasteiger partial charge is 0.383 e. The van der Waals surface area contributed by atoms with Gasteiger partial charge in [0.05, 0.1) is 30.5 Å². The Morgan fingerprint density at radius 2 is 1.92 bits per heavy atom. The van der Waals surface area contributed by atoms with Gasteiger partial charge in [0.1, 0.15) is 6.04 Å². The average Bonchev–Trinajstić information content (AvgIpc) is 3.32. The summed E-state index contributed by atoms with van der Waals surface area (Å²) in [6.07, 6.45) is 3.27. The fourth-order valence-electron chi connectivity index (χ4n) is 3.80. The van der Waals surface area contributed by atoms with Gasteiger partial charge in [-0.15, -0.1) is 5.10 Å². The summed E-state index contributed by atoms with van der Waals surface area (Å²) in [5.41, 5.74) is 2.08. The molecule has 0 radical (unpaired) electrons. The van der Waals surface area contributed by atoms with Gasteiger partial charge in [-0.1, -0.05) is 58.7 Å². The zero-order chi connectivity index (χ0) is 25.7. The summed E-state index contributed by atoms with van der Waals surface area (Å²) < 4.78 is 7.95. The Balaban J connectivity index is 1.74. The number of ether oxygens (including phenoxy) is 1. The third kappa shape index (κ3) is 5.81. The van der Waals surface area contributed by atoms with Gasteiger partial charge in [0.15, 0.2) is 5.15 Å². The first-order chi connectivity index (χ1) is 17.4. The van der Waals surface area contributed by atoms with Crippen molar-refractivity contribution < 1.29 is 9.53 Å². The SMILES string of the molecule is COCCN(C)C(=O)[C@H](Cc1ccccc1)n1cnc(-c2cc(Cl)ccc2-n2cc(Cl)nn2)cc1=O. The Morgan fingerprint density at radius 1 is 1.14 bits per heavy atom. The first-order valence-corrected chi connectivity index (χ1v) is 11.9. The van der Waals surface area contributed by atoms with Crippen LogP contribution in [0.4, 0.5) is 0 Å². The standard InChI is InChI=1S/C25H24Cl2N6O3/c1-31(10-11-36-2)25(35)22(12-17-6-4-3-5-7-17)32-16-28-20(14-24(32)34)19-13-18(26)8-9-21(19)33-15-23(27)29-30-33/h3-9,13-16,22H,10-12H2,1-2H3/t22-/m0/s1. The Hall–Kier alpha value is -3.53. The van der Waals surface area contributed by atoms with Crippen LogP contribution in [0.5, 0.6) is 0 Å². The molecule has 0 bridgehead atoms. The van der Waals surface area contributed by atoms with Crippen molar-refractivity contribution in [3.8, 4) is 16.9 Å². The molecule has 0 aliphatic carbocycles. The lowest BCUT2D eigenvalue weighted by atomic mass is 10.0. The minimum absolute atomic E-state index is 0.215. The topological polar surface area (TPSA) is 95.1 Å². The van der Waals surface area contributed by atoms with Crippen molar-refractivity contribution in [2.75, 3.05) is 27.3 Å². The van der Waals surface area contributed by atoms with Gasteiger partial charge in [0.2, 0.25) is 5.91 Å². The number of methoxy groups -OCH3 is 1. The summed E-state index contributed by atoms with van der Waals surface area (Å²) in [5, 5.41) is 8.50. The van der Waals surface area contributed by atoms with Gasteiger partial charge in [-0.05, 0) is 23.8 Å². The number of nitrogens with zero attached hydrogens (tertiary/aromatic N) is 6. The second-order valence-corrected chi connectivity index (χ2v) is 8.95. The highest BCUT2D eigenvalue weighted by Crippen LogP contribution is 2.28. The fourth-order valence-corrected chi connectivity index (χ4v) is 4.10. The van der Waals surface area contributed by atoms with E-state index in [4.69, 9.17) is 27.9 Å². The van der Waals surface area contributed by atoms with E-state index in [-0.39, 0.29) is 16.6 Å². The molecule has 0 aliphatic rings. The predicted octanol–water partition coefficient (Wildman–Crippen LogP) is 3.69. The molecule has 2 heterocycles. The first-order valence-electron chi connectivity index (χ1n) is 11.1. The van der Waals surface area contributed by atoms with Crippen LogP contribution in [0.25, 0.3) is 16.9 Å². The molecular weight excluding hydrogens is 503 g/mol. The Morgan fingerprint density at radius 3 is 2.58 bits per heavy atom. The van der Waals surface area contributed by atoms with E-state index in [1.165, 1.54) is 21.6 Å². The van der Waals surface area contributed by atoms with E-state index in [2.05, 4.69) is 15.3 Å². The third-order valence-corrected chi connectivity index (χ3v) is 6.09. The summed E-state index contributed by atoms with van der Waals surface area (Å²) in [7, 11) is 3.26. The number of likely N-dealkylation sites (N-methyl/N-ethyl adjacent to an activating group) is 1. The van der Waals surface area contributed by atoms with Gasteiger partial charge in [0, 0.05) is 43.8 Å². The highest BCUT2D eigenvalue weighted by molar-refractivity contribution is 6.31. The number of amides is 1. The van der Waals surface area contributed by atoms with E-state index in [1.807, 2.05) is 30.3 Å². The summed E-state index contributed by atoms with van der Waals surface area (Å²) in [6.45, 7) is 0.781. The van der Waals surface area contributed by atoms with Gasteiger partial charge in [-0.3, -0.25) is 14.2 Å². The fraction of sp³-hybridized carbons (Fsp3) is 0.240. The first kappa shape index (κ1) is 25.6. The maximum absolute atomic E-state index is 13.4. The molecule has 9 nitrogen and oxygen atoms in total. The zero-order valence-corrected chi connectivity index (χ0v) is 21.2. The van der Waals surface area contributed by atoms with Crippen molar-refractivity contribution in [2.24, 2.45) is 0 Å². The Kier molecular flexibility index (Phi) is 8.14. The van der Waals surface area contributed by atoms with Crippen molar-refractivity contribution in [3.63, 3.8) is 0 Å². The molecule has 1 amide bonds. The van der Waals surface area contributed by atoms with Crippen LogP contribution in [0.3, 0.4) is 0 Å². The molecule has 4 rings (SSSR count). The van der Waals surface area contributed by atoms with E-state index < -0.39 is 6.04 Å². The van der Waals surface area contributed by atoms with Crippen LogP contribution in [-0.2, 0) is 16.0 Å². The average molecular weight is 527 g/mol. The summed E-state index contributed by atoms with van der Waals surface area (Å²) in [4.78, 5) is 32.8. The lowest BCUT2D eigenvalue weighted by molar-refractivity contribution is -0.134. The molecule has 36 heavy (non-hydrogen) atoms. The molecule has 11 heteroatoms. The molecule has 1 atom stereocenters. The molecule has 0 unspecified atom stereocenters. The lowest BCUT2D eigenvalue weighted by Gasteiger charge is -2.25. The van der Waals surface area contributed by atoms with E-state index in [0.29, 0.717) is 41.5 Å². The molecule has 0 N–H and O–H groups in total. The molecule has 2 aromatic heterocycles. The second kappa shape index (κ2) is 11.5. The Bertz CT molecular complexity index is 1410. The maximum atomic E-state index is 13.4. The molecular formula is C25H24Cl2N6O3. The minimum Gasteiger partial charge on any atom is -0.383 e. The van der Waals surface area contributed by atoms with Crippen molar-refractivity contribution in [3.05, 3.63) is 93.2 Å². The molecule has 2 aromatic carbocycles. The van der Waals surface area contributed by atoms with E-state index >= 15 is 0 Å². The summed E-state index contributed by atoms with van der Waals surface area (Å²) >= 11 is 12.2. The smallest absolute Gasteiger partial charge is 0.254 e. The monoisotopic (exact) mass is 526 g/mol. The molecule has 186 valence electrons. The highest BCUT2D eigenvalue weighted by Gasteiger charge is 2.26. The van der Waals surface area contributed by atoms with E-state index in [9.17, 15) is 9.59 Å². The number of hydrogen-bond acceptors (Lipinski definition) is 6. The third-order valence-electron chi connectivity index (χ3n) is 5.68. The molecule has 0 saturated heterocycles. The maximum Gasteiger partial charge on any atom is 0.254 e. The zero-order valence-electron chi connectivity index (χ0n) is 19.7. The van der Waals surface area contributed by atoms with Gasteiger partial charge in [0.25, 0.3) is 5.56 Å². The number of rotatable bonds is 9. The number of hydrogen-bond donors (Lipinski definition) is 0. The van der Waals surface area contributed by atoms with Crippen molar-refractivity contribution in [1.82, 2.24) is 29.4 Å². The van der Waals surface area contributed by atoms with Crippen LogP contribution in [0.1, 0.15) is 11.6 Å². The highest BCUT2D eigenvalue weighted by atomic mass is 35.5.